The molecule has 2 aromatic carbocycles. The first-order valence-electron chi connectivity index (χ1n) is 8.24. The van der Waals surface area contributed by atoms with Gasteiger partial charge in [-0.05, 0) is 42.8 Å². The molecule has 6 nitrogen and oxygen atoms in total. The van der Waals surface area contributed by atoms with Crippen molar-refractivity contribution in [2.75, 3.05) is 18.5 Å². The van der Waals surface area contributed by atoms with E-state index in [0.29, 0.717) is 12.3 Å². The van der Waals surface area contributed by atoms with Gasteiger partial charge in [-0.3, -0.25) is 4.79 Å². The summed E-state index contributed by atoms with van der Waals surface area (Å²) >= 11 is 0. The molecular weight excluding hydrogens is 352 g/mol. The minimum Gasteiger partial charge on any atom is -0.494 e. The summed E-state index contributed by atoms with van der Waals surface area (Å²) in [4.78, 5) is 11.9. The molecule has 7 heteroatoms. The standard InChI is InChI=1S/C19H22N2O4S/c1-2-25-18-10-8-17(9-11-18)21-19(22)12-14-20-26(23,24)15-13-16-6-4-3-5-7-16/h3-11,13,15,20H,2,12,14H2,1H3,(H,21,22)/b15-13+. The predicted molar refractivity (Wildman–Crippen MR) is 103 cm³/mol. The minimum absolute atomic E-state index is 0.0182. The van der Waals surface area contributed by atoms with E-state index in [4.69, 9.17) is 4.74 Å². The van der Waals surface area contributed by atoms with Crippen LogP contribution in [0.3, 0.4) is 0 Å². The van der Waals surface area contributed by atoms with Gasteiger partial charge >= 0.3 is 0 Å². The molecule has 138 valence electrons. The molecule has 0 aromatic heterocycles. The van der Waals surface area contributed by atoms with Gasteiger partial charge in [-0.2, -0.15) is 0 Å². The Morgan fingerprint density at radius 2 is 1.77 bits per heavy atom. The second kappa shape index (κ2) is 9.74. The fraction of sp³-hybridized carbons (Fsp3) is 0.211. The van der Waals surface area contributed by atoms with Gasteiger partial charge in [0.2, 0.25) is 15.9 Å². The van der Waals surface area contributed by atoms with E-state index in [1.165, 1.54) is 6.08 Å². The molecule has 0 aliphatic heterocycles. The fourth-order valence-electron chi connectivity index (χ4n) is 2.11. The number of rotatable bonds is 9. The Labute approximate surface area is 153 Å². The van der Waals surface area contributed by atoms with Crippen molar-refractivity contribution in [2.24, 2.45) is 0 Å². The van der Waals surface area contributed by atoms with Gasteiger partial charge in [0.25, 0.3) is 0 Å². The number of hydrogen-bond acceptors (Lipinski definition) is 4. The van der Waals surface area contributed by atoms with Crippen LogP contribution in [0.5, 0.6) is 5.75 Å². The monoisotopic (exact) mass is 374 g/mol. The normalized spacial score (nSPS) is 11.4. The van der Waals surface area contributed by atoms with E-state index in [2.05, 4.69) is 10.0 Å². The number of anilines is 1. The molecule has 0 bridgehead atoms. The Balaban J connectivity index is 1.77. The number of carbonyl (C=O) groups excluding carboxylic acids is 1. The lowest BCUT2D eigenvalue weighted by atomic mass is 10.2. The minimum atomic E-state index is -3.59. The van der Waals surface area contributed by atoms with Crippen LogP contribution in [0.15, 0.2) is 60.0 Å². The Hall–Kier alpha value is -2.64. The topological polar surface area (TPSA) is 84.5 Å². The average molecular weight is 374 g/mol. The molecule has 0 radical (unpaired) electrons. The number of hydrogen-bond donors (Lipinski definition) is 2. The predicted octanol–water partition coefficient (Wildman–Crippen LogP) is 3.00. The van der Waals surface area contributed by atoms with Crippen molar-refractivity contribution in [3.8, 4) is 5.75 Å². The van der Waals surface area contributed by atoms with Crippen molar-refractivity contribution < 1.29 is 17.9 Å². The van der Waals surface area contributed by atoms with Gasteiger partial charge in [-0.1, -0.05) is 30.3 Å². The Morgan fingerprint density at radius 1 is 1.08 bits per heavy atom. The third-order valence-corrected chi connectivity index (χ3v) is 4.44. The smallest absolute Gasteiger partial charge is 0.233 e. The zero-order valence-electron chi connectivity index (χ0n) is 14.5. The third kappa shape index (κ3) is 7.08. The summed E-state index contributed by atoms with van der Waals surface area (Å²) in [7, 11) is -3.59. The molecule has 0 saturated heterocycles. The van der Waals surface area contributed by atoms with Crippen molar-refractivity contribution in [3.63, 3.8) is 0 Å². The van der Waals surface area contributed by atoms with Gasteiger partial charge < -0.3 is 10.1 Å². The highest BCUT2D eigenvalue weighted by Crippen LogP contribution is 2.15. The van der Waals surface area contributed by atoms with Crippen molar-refractivity contribution >= 4 is 27.7 Å². The molecule has 0 aliphatic rings. The van der Waals surface area contributed by atoms with E-state index in [0.717, 1.165) is 16.7 Å². The van der Waals surface area contributed by atoms with Gasteiger partial charge in [-0.25, -0.2) is 13.1 Å². The van der Waals surface area contributed by atoms with E-state index in [1.54, 1.807) is 36.4 Å². The number of nitrogens with one attached hydrogen (secondary N) is 2. The molecule has 26 heavy (non-hydrogen) atoms. The summed E-state index contributed by atoms with van der Waals surface area (Å²) in [6.07, 6.45) is 1.54. The number of sulfonamides is 1. The highest BCUT2D eigenvalue weighted by atomic mass is 32.2. The van der Waals surface area contributed by atoms with Crippen LogP contribution in [-0.2, 0) is 14.8 Å². The largest absolute Gasteiger partial charge is 0.494 e. The molecule has 0 atom stereocenters. The first-order chi connectivity index (χ1) is 12.5. The summed E-state index contributed by atoms with van der Waals surface area (Å²) in [5, 5.41) is 3.80. The lowest BCUT2D eigenvalue weighted by Crippen LogP contribution is -2.26. The Kier molecular flexibility index (Phi) is 7.37. The maximum absolute atomic E-state index is 11.9. The molecule has 1 amide bonds. The van der Waals surface area contributed by atoms with Gasteiger partial charge in [0, 0.05) is 24.1 Å². The van der Waals surface area contributed by atoms with Gasteiger partial charge in [0.05, 0.1) is 6.61 Å². The van der Waals surface area contributed by atoms with Crippen LogP contribution in [0.25, 0.3) is 6.08 Å². The second-order valence-corrected chi connectivity index (χ2v) is 7.06. The first-order valence-corrected chi connectivity index (χ1v) is 9.78. The maximum atomic E-state index is 11.9. The molecular formula is C19H22N2O4S. The molecule has 0 saturated carbocycles. The molecule has 0 spiro atoms. The summed E-state index contributed by atoms with van der Waals surface area (Å²) in [5.74, 6) is 0.451. The summed E-state index contributed by atoms with van der Waals surface area (Å²) in [6, 6.07) is 16.1. The Morgan fingerprint density at radius 3 is 2.42 bits per heavy atom. The molecule has 0 unspecified atom stereocenters. The molecule has 2 N–H and O–H groups in total. The van der Waals surface area contributed by atoms with Crippen LogP contribution >= 0.6 is 0 Å². The van der Waals surface area contributed by atoms with Crippen LogP contribution in [0.1, 0.15) is 18.9 Å². The third-order valence-electron chi connectivity index (χ3n) is 3.34. The zero-order chi connectivity index (χ0) is 18.8. The molecule has 2 aromatic rings. The summed E-state index contributed by atoms with van der Waals surface area (Å²) in [6.45, 7) is 2.49. The van der Waals surface area contributed by atoms with Crippen molar-refractivity contribution in [3.05, 3.63) is 65.6 Å². The van der Waals surface area contributed by atoms with E-state index in [1.807, 2.05) is 25.1 Å². The van der Waals surface area contributed by atoms with Crippen LogP contribution in [0, 0.1) is 0 Å². The molecule has 2 rings (SSSR count). The Bertz CT molecular complexity index is 832. The van der Waals surface area contributed by atoms with E-state index < -0.39 is 10.0 Å². The van der Waals surface area contributed by atoms with E-state index >= 15 is 0 Å². The molecule has 0 aliphatic carbocycles. The maximum Gasteiger partial charge on any atom is 0.233 e. The lowest BCUT2D eigenvalue weighted by Gasteiger charge is -2.07. The molecule has 0 heterocycles. The summed E-state index contributed by atoms with van der Waals surface area (Å²) in [5.41, 5.74) is 1.41. The quantitative estimate of drug-likeness (QED) is 0.707. The van der Waals surface area contributed by atoms with Crippen LogP contribution < -0.4 is 14.8 Å². The number of carbonyl (C=O) groups is 1. The van der Waals surface area contributed by atoms with Crippen molar-refractivity contribution in [1.82, 2.24) is 4.72 Å². The SMILES string of the molecule is CCOc1ccc(NC(=O)CCNS(=O)(=O)/C=C/c2ccccc2)cc1. The lowest BCUT2D eigenvalue weighted by molar-refractivity contribution is -0.116. The van der Waals surface area contributed by atoms with Crippen LogP contribution in [0.2, 0.25) is 0 Å². The second-order valence-electron chi connectivity index (χ2n) is 5.41. The fourth-order valence-corrected chi connectivity index (χ4v) is 2.93. The van der Waals surface area contributed by atoms with Crippen LogP contribution in [-0.4, -0.2) is 27.5 Å². The highest BCUT2D eigenvalue weighted by Gasteiger charge is 2.07. The molecule has 0 fully saturated rings. The van der Waals surface area contributed by atoms with E-state index in [9.17, 15) is 13.2 Å². The number of amides is 1. The summed E-state index contributed by atoms with van der Waals surface area (Å²) < 4.78 is 31.5. The number of ether oxygens (including phenoxy) is 1. The van der Waals surface area contributed by atoms with Gasteiger partial charge in [0.1, 0.15) is 5.75 Å². The van der Waals surface area contributed by atoms with Gasteiger partial charge in [0.15, 0.2) is 0 Å². The number of benzene rings is 2. The zero-order valence-corrected chi connectivity index (χ0v) is 15.3. The van der Waals surface area contributed by atoms with Crippen LogP contribution in [0.4, 0.5) is 5.69 Å². The van der Waals surface area contributed by atoms with Crippen molar-refractivity contribution in [1.29, 1.82) is 0 Å². The van der Waals surface area contributed by atoms with Gasteiger partial charge in [-0.15, -0.1) is 0 Å². The van der Waals surface area contributed by atoms with E-state index in [-0.39, 0.29) is 18.9 Å². The average Bonchev–Trinajstić information content (AvgIpc) is 2.63. The highest BCUT2D eigenvalue weighted by molar-refractivity contribution is 7.92. The van der Waals surface area contributed by atoms with Crippen molar-refractivity contribution in [2.45, 2.75) is 13.3 Å². The first kappa shape index (κ1) is 19.7.